The maximum Gasteiger partial charge on any atom is -0.0279 e. The third-order valence-corrected chi connectivity index (χ3v) is 4.58. The zero-order valence-electron chi connectivity index (χ0n) is 19.0. The lowest BCUT2D eigenvalue weighted by molar-refractivity contribution is 0.656. The van der Waals surface area contributed by atoms with Gasteiger partial charge in [0.25, 0.3) is 0 Å². The minimum absolute atomic E-state index is 1.25. The van der Waals surface area contributed by atoms with Gasteiger partial charge in [0.05, 0.1) is 0 Å². The summed E-state index contributed by atoms with van der Waals surface area (Å²) >= 11 is 0. The molecule has 1 rings (SSSR count). The first-order valence-corrected chi connectivity index (χ1v) is 11.8. The van der Waals surface area contributed by atoms with Crippen LogP contribution in [-0.4, -0.2) is 0 Å². The molecular formula is C26H50. The van der Waals surface area contributed by atoms with Crippen LogP contribution in [0.5, 0.6) is 0 Å². The molecule has 0 heterocycles. The van der Waals surface area contributed by atoms with Gasteiger partial charge in [0.15, 0.2) is 0 Å². The highest BCUT2D eigenvalue weighted by molar-refractivity contribution is 5.14. The highest BCUT2D eigenvalue weighted by atomic mass is 14.0. The number of unbranched alkanes of at least 4 members (excludes halogenated alkanes) is 11. The molecule has 0 N–H and O–H groups in total. The van der Waals surface area contributed by atoms with Crippen molar-refractivity contribution in [3.05, 3.63) is 35.9 Å². The monoisotopic (exact) mass is 362 g/mol. The van der Waals surface area contributed by atoms with Crippen molar-refractivity contribution in [2.45, 2.75) is 131 Å². The Morgan fingerprint density at radius 2 is 0.769 bits per heavy atom. The van der Waals surface area contributed by atoms with Gasteiger partial charge in [-0.2, -0.15) is 0 Å². The Labute approximate surface area is 167 Å². The van der Waals surface area contributed by atoms with E-state index in [1.54, 1.807) is 0 Å². The van der Waals surface area contributed by atoms with Crippen LogP contribution in [0, 0.1) is 0 Å². The fraction of sp³-hybridized carbons (Fsp3) is 0.769. The zero-order chi connectivity index (χ0) is 19.7. The van der Waals surface area contributed by atoms with E-state index < -0.39 is 0 Å². The Bertz CT molecular complexity index is 296. The van der Waals surface area contributed by atoms with Crippen molar-refractivity contribution in [2.24, 2.45) is 0 Å². The number of rotatable bonds is 13. The van der Waals surface area contributed by atoms with Crippen molar-refractivity contribution in [2.75, 3.05) is 0 Å². The van der Waals surface area contributed by atoms with E-state index in [9.17, 15) is 0 Å². The molecule has 1 aromatic carbocycles. The topological polar surface area (TPSA) is 0 Å². The molecule has 0 aliphatic carbocycles. The van der Waals surface area contributed by atoms with Gasteiger partial charge < -0.3 is 0 Å². The van der Waals surface area contributed by atoms with Crippen LogP contribution in [0.15, 0.2) is 30.3 Å². The molecule has 0 saturated carbocycles. The quantitative estimate of drug-likeness (QED) is 0.306. The van der Waals surface area contributed by atoms with Crippen LogP contribution >= 0.6 is 0 Å². The van der Waals surface area contributed by atoms with E-state index in [1.165, 1.54) is 102 Å². The van der Waals surface area contributed by atoms with Gasteiger partial charge in [0.1, 0.15) is 0 Å². The maximum atomic E-state index is 2.25. The summed E-state index contributed by atoms with van der Waals surface area (Å²) in [7, 11) is 0. The van der Waals surface area contributed by atoms with Crippen LogP contribution in [0.3, 0.4) is 0 Å². The second-order valence-electron chi connectivity index (χ2n) is 7.42. The van der Waals surface area contributed by atoms with Gasteiger partial charge in [-0.1, -0.05) is 148 Å². The van der Waals surface area contributed by atoms with E-state index in [-0.39, 0.29) is 0 Å². The number of aryl methyl sites for hydroxylation is 1. The Morgan fingerprint density at radius 3 is 1.12 bits per heavy atom. The molecular weight excluding hydrogens is 312 g/mol. The van der Waals surface area contributed by atoms with Crippen LogP contribution in [0.25, 0.3) is 0 Å². The summed E-state index contributed by atoms with van der Waals surface area (Å²) < 4.78 is 0. The fourth-order valence-electron chi connectivity index (χ4n) is 2.75. The van der Waals surface area contributed by atoms with Crippen molar-refractivity contribution in [3.63, 3.8) is 0 Å². The molecule has 0 saturated heterocycles. The number of benzene rings is 1. The summed E-state index contributed by atoms with van der Waals surface area (Å²) in [4.78, 5) is 0. The van der Waals surface area contributed by atoms with Gasteiger partial charge in [0.2, 0.25) is 0 Å². The summed E-state index contributed by atoms with van der Waals surface area (Å²) in [5.41, 5.74) is 1.48. The maximum absolute atomic E-state index is 2.25. The number of hydrogen-bond donors (Lipinski definition) is 0. The lowest BCUT2D eigenvalue weighted by Crippen LogP contribution is -1.84. The van der Waals surface area contributed by atoms with Gasteiger partial charge in [-0.25, -0.2) is 0 Å². The van der Waals surface area contributed by atoms with Crippen molar-refractivity contribution < 1.29 is 0 Å². The Balaban J connectivity index is 0. The smallest absolute Gasteiger partial charge is 0.0279 e. The normalized spacial score (nSPS) is 9.73. The lowest BCUT2D eigenvalue weighted by atomic mass is 10.1. The van der Waals surface area contributed by atoms with Crippen LogP contribution in [-0.2, 0) is 6.42 Å². The molecule has 0 amide bonds. The molecule has 154 valence electrons. The number of hydrogen-bond acceptors (Lipinski definition) is 0. The second-order valence-corrected chi connectivity index (χ2v) is 7.42. The van der Waals surface area contributed by atoms with E-state index in [0.717, 1.165) is 0 Å². The third kappa shape index (κ3) is 25.5. The van der Waals surface area contributed by atoms with E-state index in [4.69, 9.17) is 0 Å². The SMILES string of the molecule is CCCCCCC.CCCCCCC.CCCCCCc1ccccc1. The minimum atomic E-state index is 1.25. The molecule has 0 bridgehead atoms. The molecule has 0 atom stereocenters. The van der Waals surface area contributed by atoms with Gasteiger partial charge in [0, 0.05) is 0 Å². The summed E-state index contributed by atoms with van der Waals surface area (Å²) in [6.07, 6.45) is 20.7. The molecule has 1 aromatic rings. The molecule has 0 radical (unpaired) electrons. The van der Waals surface area contributed by atoms with E-state index in [2.05, 4.69) is 65.0 Å². The average molecular weight is 363 g/mol. The van der Waals surface area contributed by atoms with Gasteiger partial charge in [-0.3, -0.25) is 0 Å². The van der Waals surface area contributed by atoms with Crippen molar-refractivity contribution >= 4 is 0 Å². The predicted octanol–water partition coefficient (Wildman–Crippen LogP) is 9.76. The first kappa shape index (κ1) is 27.4. The fourth-order valence-corrected chi connectivity index (χ4v) is 2.75. The second kappa shape index (κ2) is 26.4. The average Bonchev–Trinajstić information content (AvgIpc) is 2.68. The molecule has 0 fully saturated rings. The molecule has 0 aliphatic heterocycles. The minimum Gasteiger partial charge on any atom is -0.0654 e. The first-order chi connectivity index (χ1) is 12.8. The highest BCUT2D eigenvalue weighted by Gasteiger charge is 1.90. The Morgan fingerprint density at radius 1 is 0.423 bits per heavy atom. The molecule has 0 aromatic heterocycles. The highest BCUT2D eigenvalue weighted by Crippen LogP contribution is 2.06. The van der Waals surface area contributed by atoms with Crippen molar-refractivity contribution in [1.29, 1.82) is 0 Å². The summed E-state index contributed by atoms with van der Waals surface area (Å²) in [5.74, 6) is 0. The van der Waals surface area contributed by atoms with Crippen molar-refractivity contribution in [3.8, 4) is 0 Å². The molecule has 0 unspecified atom stereocenters. The van der Waals surface area contributed by atoms with Crippen LogP contribution < -0.4 is 0 Å². The largest absolute Gasteiger partial charge is 0.0654 e. The Hall–Kier alpha value is -0.780. The lowest BCUT2D eigenvalue weighted by Gasteiger charge is -1.99. The van der Waals surface area contributed by atoms with Crippen molar-refractivity contribution in [1.82, 2.24) is 0 Å². The van der Waals surface area contributed by atoms with E-state index in [1.807, 2.05) is 0 Å². The van der Waals surface area contributed by atoms with Gasteiger partial charge in [-0.15, -0.1) is 0 Å². The van der Waals surface area contributed by atoms with Crippen LogP contribution in [0.4, 0.5) is 0 Å². The molecule has 0 nitrogen and oxygen atoms in total. The summed E-state index contributed by atoms with van der Waals surface area (Å²) in [6.45, 7) is 11.2. The summed E-state index contributed by atoms with van der Waals surface area (Å²) in [6, 6.07) is 10.7. The predicted molar refractivity (Wildman–Crippen MR) is 123 cm³/mol. The third-order valence-electron chi connectivity index (χ3n) is 4.58. The first-order valence-electron chi connectivity index (χ1n) is 11.8. The van der Waals surface area contributed by atoms with Gasteiger partial charge in [-0.05, 0) is 18.4 Å². The standard InChI is InChI=1S/C12H18.2C7H16/c1-2-3-4-6-9-12-10-7-5-8-11-12;2*1-3-5-7-6-4-2/h5,7-8,10-11H,2-4,6,9H2,1H3;2*3-7H2,1-2H3. The molecule has 0 heteroatoms. The van der Waals surface area contributed by atoms with Gasteiger partial charge >= 0.3 is 0 Å². The van der Waals surface area contributed by atoms with Crippen LogP contribution in [0.1, 0.15) is 130 Å². The van der Waals surface area contributed by atoms with E-state index >= 15 is 0 Å². The van der Waals surface area contributed by atoms with Crippen LogP contribution in [0.2, 0.25) is 0 Å². The summed E-state index contributed by atoms with van der Waals surface area (Å²) in [5, 5.41) is 0. The Kier molecular flexibility index (Phi) is 27.9. The zero-order valence-corrected chi connectivity index (χ0v) is 19.0. The molecule has 0 spiro atoms. The molecule has 0 aliphatic rings. The van der Waals surface area contributed by atoms with E-state index in [0.29, 0.717) is 0 Å². The molecule has 26 heavy (non-hydrogen) atoms.